The van der Waals surface area contributed by atoms with Crippen LogP contribution in [-0.2, 0) is 12.8 Å². The number of nitrogens with one attached hydrogen (secondary N) is 1. The van der Waals surface area contributed by atoms with Crippen molar-refractivity contribution >= 4 is 5.57 Å². The van der Waals surface area contributed by atoms with Gasteiger partial charge in [-0.05, 0) is 148 Å². The van der Waals surface area contributed by atoms with Crippen LogP contribution in [0.4, 0.5) is 0 Å². The lowest BCUT2D eigenvalue weighted by molar-refractivity contribution is 0.175. The van der Waals surface area contributed by atoms with E-state index in [-0.39, 0.29) is 16.9 Å². The van der Waals surface area contributed by atoms with E-state index in [1.165, 1.54) is 56.3 Å². The zero-order chi connectivity index (χ0) is 36.7. The zero-order valence-corrected chi connectivity index (χ0v) is 33.3. The Morgan fingerprint density at radius 3 is 1.91 bits per heavy atom. The van der Waals surface area contributed by atoms with Crippen LogP contribution in [0.2, 0.25) is 0 Å². The normalized spacial score (nSPS) is 20.3. The Labute approximate surface area is 287 Å². The molecule has 1 aromatic rings. The third-order valence-corrected chi connectivity index (χ3v) is 9.03. The Kier molecular flexibility index (Phi) is 20.2. The van der Waals surface area contributed by atoms with E-state index in [1.54, 1.807) is 0 Å². The second-order valence-electron chi connectivity index (χ2n) is 13.5. The van der Waals surface area contributed by atoms with Crippen molar-refractivity contribution < 1.29 is 0 Å². The molecule has 0 spiro atoms. The van der Waals surface area contributed by atoms with Crippen molar-refractivity contribution in [2.45, 2.75) is 142 Å². The third kappa shape index (κ3) is 10.9. The molecule has 3 atom stereocenters. The summed E-state index contributed by atoms with van der Waals surface area (Å²) in [7, 11) is 0. The van der Waals surface area contributed by atoms with E-state index in [0.29, 0.717) is 11.6 Å². The number of hydrogen-bond donors (Lipinski definition) is 3. The quantitative estimate of drug-likeness (QED) is 0.280. The summed E-state index contributed by atoms with van der Waals surface area (Å²) in [6.07, 6.45) is 5.47. The maximum atomic E-state index is 6.27. The molecule has 0 aliphatic heterocycles. The molecule has 1 aromatic carbocycles. The molecule has 3 nitrogen and oxygen atoms in total. The van der Waals surface area contributed by atoms with Gasteiger partial charge in [-0.3, -0.25) is 0 Å². The Balaban J connectivity index is 0. The smallest absolute Gasteiger partial charge is 0.0316 e. The van der Waals surface area contributed by atoms with E-state index < -0.39 is 0 Å². The van der Waals surface area contributed by atoms with Crippen LogP contribution in [0.3, 0.4) is 0 Å². The number of hydrogen-bond acceptors (Lipinski definition) is 3. The van der Waals surface area contributed by atoms with Gasteiger partial charge in [0.05, 0.1) is 0 Å². The molecule has 3 heteroatoms. The van der Waals surface area contributed by atoms with Gasteiger partial charge in [-0.15, -0.1) is 0 Å². The Bertz CT molecular complexity index is 1250. The van der Waals surface area contributed by atoms with Crippen molar-refractivity contribution in [1.82, 2.24) is 5.32 Å². The van der Waals surface area contributed by atoms with Crippen molar-refractivity contribution in [3.8, 4) is 0 Å². The summed E-state index contributed by atoms with van der Waals surface area (Å²) in [5, 5.41) is 3.67. The number of rotatable bonds is 7. The van der Waals surface area contributed by atoms with E-state index in [2.05, 4.69) is 106 Å². The lowest BCUT2D eigenvalue weighted by atomic mass is 9.53. The van der Waals surface area contributed by atoms with Crippen LogP contribution in [0, 0.1) is 31.1 Å². The molecule has 2 aliphatic carbocycles. The number of aryl methyl sites for hydroxylation is 1. The topological polar surface area (TPSA) is 64.1 Å². The molecule has 3 rings (SSSR count). The lowest BCUT2D eigenvalue weighted by Crippen LogP contribution is -2.40. The first-order chi connectivity index (χ1) is 21.4. The van der Waals surface area contributed by atoms with E-state index in [1.807, 2.05) is 41.5 Å². The Hall–Kier alpha value is -2.78. The van der Waals surface area contributed by atoms with Gasteiger partial charge in [-0.2, -0.15) is 0 Å². The maximum Gasteiger partial charge on any atom is 0.0316 e. The molecule has 3 unspecified atom stereocenters. The summed E-state index contributed by atoms with van der Waals surface area (Å²) < 4.78 is 0. The van der Waals surface area contributed by atoms with Crippen LogP contribution >= 0.6 is 0 Å². The molecule has 0 saturated heterocycles. The predicted octanol–water partition coefficient (Wildman–Crippen LogP) is 11.7. The average molecular weight is 634 g/mol. The van der Waals surface area contributed by atoms with Crippen LogP contribution in [0.15, 0.2) is 72.1 Å². The van der Waals surface area contributed by atoms with Crippen LogP contribution in [0.1, 0.15) is 138 Å². The Morgan fingerprint density at radius 1 is 1.00 bits per heavy atom. The minimum absolute atomic E-state index is 0.119. The van der Waals surface area contributed by atoms with Gasteiger partial charge in [-0.25, -0.2) is 0 Å². The van der Waals surface area contributed by atoms with E-state index in [0.717, 1.165) is 43.4 Å². The summed E-state index contributed by atoms with van der Waals surface area (Å²) >= 11 is 0. The van der Waals surface area contributed by atoms with Crippen molar-refractivity contribution in [1.29, 1.82) is 0 Å². The first kappa shape index (κ1) is 45.3. The molecular formula is C43H75N3. The molecule has 0 heterocycles. The molecular weight excluding hydrogens is 558 g/mol. The molecule has 0 saturated carbocycles. The highest BCUT2D eigenvalue weighted by atomic mass is 14.9. The number of fused-ring (bicyclic) bond motifs is 1. The molecule has 0 bridgehead atoms. The minimum atomic E-state index is 0.119. The largest absolute Gasteiger partial charge is 0.405 e. The molecule has 0 amide bonds. The summed E-state index contributed by atoms with van der Waals surface area (Å²) in [4.78, 5) is 0. The second-order valence-corrected chi connectivity index (χ2v) is 13.5. The fourth-order valence-electron chi connectivity index (χ4n) is 7.79. The first-order valence-electron chi connectivity index (χ1n) is 17.9. The SMILES string of the molecule is C=C(N)C1=C(C)CC2(C)CC(C)C(C(=C)c3c(C)c(CC)cc(CCNC(C)(C)C)c3C)=C(C)C2C1=C.C=CN.CC.CC.CC. The second kappa shape index (κ2) is 20.5. The van der Waals surface area contributed by atoms with Crippen LogP contribution in [-0.4, -0.2) is 12.1 Å². The van der Waals surface area contributed by atoms with Crippen molar-refractivity contribution in [2.75, 3.05) is 6.54 Å². The van der Waals surface area contributed by atoms with E-state index in [9.17, 15) is 0 Å². The average Bonchev–Trinajstić information content (AvgIpc) is 2.96. The van der Waals surface area contributed by atoms with Gasteiger partial charge < -0.3 is 16.8 Å². The van der Waals surface area contributed by atoms with Gasteiger partial charge in [0.15, 0.2) is 0 Å². The Morgan fingerprint density at radius 2 is 1.48 bits per heavy atom. The summed E-state index contributed by atoms with van der Waals surface area (Å²) in [5.41, 5.74) is 26.4. The monoisotopic (exact) mass is 634 g/mol. The summed E-state index contributed by atoms with van der Waals surface area (Å²) in [5.74, 6) is 0.701. The van der Waals surface area contributed by atoms with Crippen molar-refractivity contribution in [2.24, 2.45) is 28.7 Å². The lowest BCUT2D eigenvalue weighted by Gasteiger charge is -2.51. The number of benzene rings is 1. The van der Waals surface area contributed by atoms with Gasteiger partial charge in [-0.1, -0.05) is 106 Å². The van der Waals surface area contributed by atoms with E-state index in [4.69, 9.17) is 12.3 Å². The third-order valence-electron chi connectivity index (χ3n) is 9.03. The van der Waals surface area contributed by atoms with Crippen LogP contribution in [0.5, 0.6) is 0 Å². The summed E-state index contributed by atoms with van der Waals surface area (Å²) in [6, 6.07) is 2.43. The van der Waals surface area contributed by atoms with Gasteiger partial charge in [0.25, 0.3) is 0 Å². The van der Waals surface area contributed by atoms with Crippen LogP contribution < -0.4 is 16.8 Å². The highest BCUT2D eigenvalue weighted by molar-refractivity contribution is 5.84. The molecule has 0 radical (unpaired) electrons. The van der Waals surface area contributed by atoms with Gasteiger partial charge in [0.2, 0.25) is 0 Å². The van der Waals surface area contributed by atoms with Gasteiger partial charge in [0.1, 0.15) is 0 Å². The molecule has 262 valence electrons. The molecule has 2 aliphatic rings. The molecule has 5 N–H and O–H groups in total. The minimum Gasteiger partial charge on any atom is -0.405 e. The van der Waals surface area contributed by atoms with Crippen molar-refractivity contribution in [3.63, 3.8) is 0 Å². The number of nitrogens with two attached hydrogens (primary N) is 2. The van der Waals surface area contributed by atoms with Crippen molar-refractivity contribution in [3.05, 3.63) is 100.0 Å². The molecule has 46 heavy (non-hydrogen) atoms. The standard InChI is InChI=1S/C35H52N2.C2H5N.3C2H6/c1-14-28-17-29(15-16-37-34(10,11)12)23(5)32(22(28)4)24(6)30-20(2)18-35(13)19-21(3)31(27(9)36)26(8)33(35)25(30)7;1-2-3;3*1-2/h17,20,33,37H,6,8-9,14-16,18-19,36H2,1-5,7,10-13H3;2H,1,3H2;3*1-2H3. The highest BCUT2D eigenvalue weighted by Crippen LogP contribution is 2.59. The van der Waals surface area contributed by atoms with Crippen LogP contribution in [0.25, 0.3) is 5.57 Å². The van der Waals surface area contributed by atoms with Gasteiger partial charge in [0, 0.05) is 17.2 Å². The highest BCUT2D eigenvalue weighted by Gasteiger charge is 2.47. The van der Waals surface area contributed by atoms with E-state index >= 15 is 0 Å². The number of allylic oxidation sites excluding steroid dienone is 5. The van der Waals surface area contributed by atoms with Gasteiger partial charge >= 0.3 is 0 Å². The fourth-order valence-corrected chi connectivity index (χ4v) is 7.79. The summed E-state index contributed by atoms with van der Waals surface area (Å²) in [6.45, 7) is 52.5. The first-order valence-corrected chi connectivity index (χ1v) is 17.9. The molecule has 0 aromatic heterocycles. The molecule has 0 fully saturated rings. The maximum absolute atomic E-state index is 6.27. The fraction of sp³-hybridized carbons (Fsp3) is 0.581. The zero-order valence-electron chi connectivity index (χ0n) is 33.3. The predicted molar refractivity (Wildman–Crippen MR) is 212 cm³/mol.